The Kier molecular flexibility index (Phi) is 6.13. The van der Waals surface area contributed by atoms with Crippen LogP contribution in [0.3, 0.4) is 0 Å². The molecule has 0 aliphatic carbocycles. The highest BCUT2D eigenvalue weighted by atomic mass is 32.1. The van der Waals surface area contributed by atoms with E-state index in [1.54, 1.807) is 66.6 Å². The van der Waals surface area contributed by atoms with Gasteiger partial charge in [0.1, 0.15) is 17.2 Å². The third-order valence-electron chi connectivity index (χ3n) is 4.23. The maximum Gasteiger partial charge on any atom is 0.341 e. The molecule has 1 aliphatic rings. The number of carboxylic acids is 1. The number of rotatable bonds is 7. The van der Waals surface area contributed by atoms with Crippen molar-refractivity contribution in [3.8, 4) is 11.5 Å². The van der Waals surface area contributed by atoms with Crippen molar-refractivity contribution in [2.24, 2.45) is 0 Å². The molecule has 3 rings (SSSR count). The number of anilines is 1. The van der Waals surface area contributed by atoms with Crippen molar-refractivity contribution in [2.75, 3.05) is 25.2 Å². The molecule has 150 valence electrons. The van der Waals surface area contributed by atoms with Crippen LogP contribution in [-0.4, -0.2) is 47.3 Å². The summed E-state index contributed by atoms with van der Waals surface area (Å²) in [6.45, 7) is 1.98. The van der Waals surface area contributed by atoms with Gasteiger partial charge in [-0.25, -0.2) is 4.79 Å². The minimum absolute atomic E-state index is 0.283. The molecule has 2 aromatic carbocycles. The van der Waals surface area contributed by atoms with Gasteiger partial charge >= 0.3 is 5.97 Å². The number of carbonyl (C=O) groups is 2. The van der Waals surface area contributed by atoms with Gasteiger partial charge in [-0.15, -0.1) is 0 Å². The molecule has 2 aromatic rings. The smallest absolute Gasteiger partial charge is 0.341 e. The Morgan fingerprint density at radius 1 is 1.14 bits per heavy atom. The Bertz CT molecular complexity index is 971. The molecular weight excluding hydrogens is 392 g/mol. The summed E-state index contributed by atoms with van der Waals surface area (Å²) < 4.78 is 10.8. The molecule has 1 aliphatic heterocycles. The number of nitrogens with zero attached hydrogens (tertiary/aromatic N) is 2. The van der Waals surface area contributed by atoms with Crippen molar-refractivity contribution in [1.82, 2.24) is 4.90 Å². The lowest BCUT2D eigenvalue weighted by molar-refractivity contribution is -0.139. The molecule has 29 heavy (non-hydrogen) atoms. The van der Waals surface area contributed by atoms with Gasteiger partial charge in [-0.2, -0.15) is 0 Å². The molecule has 0 bridgehead atoms. The second-order valence-electron chi connectivity index (χ2n) is 6.16. The van der Waals surface area contributed by atoms with Gasteiger partial charge in [0.05, 0.1) is 12.3 Å². The SMILES string of the molecule is CCOc1ccc(N2C(=O)C(=Cc3ccccc3OCC(=O)O)N(C)C2=S)cc1. The van der Waals surface area contributed by atoms with Crippen molar-refractivity contribution < 1.29 is 24.2 Å². The van der Waals surface area contributed by atoms with Crippen molar-refractivity contribution in [1.29, 1.82) is 0 Å². The van der Waals surface area contributed by atoms with Crippen molar-refractivity contribution in [2.45, 2.75) is 6.92 Å². The van der Waals surface area contributed by atoms with Crippen molar-refractivity contribution in [3.63, 3.8) is 0 Å². The molecule has 0 unspecified atom stereocenters. The van der Waals surface area contributed by atoms with Crippen LogP contribution in [0.4, 0.5) is 5.69 Å². The predicted octanol–water partition coefficient (Wildman–Crippen LogP) is 3.15. The molecule has 0 aromatic heterocycles. The molecule has 1 heterocycles. The van der Waals surface area contributed by atoms with Gasteiger partial charge in [0, 0.05) is 12.6 Å². The van der Waals surface area contributed by atoms with Crippen LogP contribution in [0.25, 0.3) is 6.08 Å². The minimum Gasteiger partial charge on any atom is -0.494 e. The summed E-state index contributed by atoms with van der Waals surface area (Å²) in [6, 6.07) is 14.0. The standard InChI is InChI=1S/C21H20N2O5S/c1-3-27-16-10-8-15(9-11-16)23-20(26)17(22(2)21(23)29)12-14-6-4-5-7-18(14)28-13-19(24)25/h4-12H,3,13H2,1-2H3,(H,24,25). The van der Waals surface area contributed by atoms with Crippen LogP contribution in [0, 0.1) is 0 Å². The zero-order valence-electron chi connectivity index (χ0n) is 16.0. The van der Waals surface area contributed by atoms with E-state index >= 15 is 0 Å². The monoisotopic (exact) mass is 412 g/mol. The fourth-order valence-electron chi connectivity index (χ4n) is 2.86. The Morgan fingerprint density at radius 3 is 2.48 bits per heavy atom. The molecule has 7 nitrogen and oxygen atoms in total. The number of carboxylic acid groups (broad SMARTS) is 1. The Balaban J connectivity index is 1.91. The fourth-order valence-corrected chi connectivity index (χ4v) is 3.15. The third-order valence-corrected chi connectivity index (χ3v) is 4.69. The highest BCUT2D eigenvalue weighted by Crippen LogP contribution is 2.30. The molecule has 1 fully saturated rings. The Labute approximate surface area is 173 Å². The second kappa shape index (κ2) is 8.74. The average molecular weight is 412 g/mol. The van der Waals surface area contributed by atoms with Gasteiger partial charge < -0.3 is 19.5 Å². The largest absolute Gasteiger partial charge is 0.494 e. The van der Waals surface area contributed by atoms with Crippen LogP contribution in [-0.2, 0) is 9.59 Å². The number of carbonyl (C=O) groups excluding carboxylic acids is 1. The van der Waals surface area contributed by atoms with Crippen LogP contribution in [0.2, 0.25) is 0 Å². The molecule has 0 radical (unpaired) electrons. The lowest BCUT2D eigenvalue weighted by Crippen LogP contribution is -2.31. The summed E-state index contributed by atoms with van der Waals surface area (Å²) in [6.07, 6.45) is 1.64. The van der Waals surface area contributed by atoms with E-state index < -0.39 is 12.6 Å². The highest BCUT2D eigenvalue weighted by molar-refractivity contribution is 7.80. The summed E-state index contributed by atoms with van der Waals surface area (Å²) in [5.74, 6) is -0.282. The van der Waals surface area contributed by atoms with Gasteiger partial charge in [0.25, 0.3) is 5.91 Å². The summed E-state index contributed by atoms with van der Waals surface area (Å²) >= 11 is 5.47. The van der Waals surface area contributed by atoms with E-state index in [1.807, 2.05) is 6.92 Å². The maximum atomic E-state index is 13.1. The van der Waals surface area contributed by atoms with E-state index in [9.17, 15) is 9.59 Å². The quantitative estimate of drug-likeness (QED) is 0.553. The van der Waals surface area contributed by atoms with E-state index in [0.29, 0.717) is 40.2 Å². The number of amides is 1. The Hall–Kier alpha value is -3.39. The first-order chi connectivity index (χ1) is 13.9. The van der Waals surface area contributed by atoms with Gasteiger partial charge in [-0.3, -0.25) is 9.69 Å². The number of benzene rings is 2. The number of likely N-dealkylation sites (N-methyl/N-ethyl adjacent to an activating group) is 1. The zero-order chi connectivity index (χ0) is 21.0. The first-order valence-corrected chi connectivity index (χ1v) is 9.33. The number of ether oxygens (including phenoxy) is 2. The highest BCUT2D eigenvalue weighted by Gasteiger charge is 2.37. The molecule has 1 amide bonds. The third kappa shape index (κ3) is 4.38. The van der Waals surface area contributed by atoms with Crippen LogP contribution in [0.5, 0.6) is 11.5 Å². The number of para-hydroxylation sites is 1. The van der Waals surface area contributed by atoms with E-state index in [2.05, 4.69) is 0 Å². The van der Waals surface area contributed by atoms with E-state index in [-0.39, 0.29) is 5.91 Å². The second-order valence-corrected chi connectivity index (χ2v) is 6.52. The minimum atomic E-state index is -1.08. The van der Waals surface area contributed by atoms with Gasteiger partial charge in [-0.05, 0) is 55.5 Å². The fraction of sp³-hybridized carbons (Fsp3) is 0.190. The summed E-state index contributed by atoms with van der Waals surface area (Å²) in [5.41, 5.74) is 1.57. The predicted molar refractivity (Wildman–Crippen MR) is 113 cm³/mol. The summed E-state index contributed by atoms with van der Waals surface area (Å²) in [4.78, 5) is 26.9. The van der Waals surface area contributed by atoms with Crippen LogP contribution >= 0.6 is 12.2 Å². The molecule has 1 saturated heterocycles. The number of aliphatic carboxylic acids is 1. The molecule has 1 N–H and O–H groups in total. The number of hydrogen-bond donors (Lipinski definition) is 1. The first-order valence-electron chi connectivity index (χ1n) is 8.92. The number of thiocarbonyl (C=S) groups is 1. The molecule has 0 atom stereocenters. The maximum absolute atomic E-state index is 13.1. The molecule has 0 saturated carbocycles. The van der Waals surface area contributed by atoms with E-state index in [4.69, 9.17) is 26.8 Å². The lowest BCUT2D eigenvalue weighted by Gasteiger charge is -2.16. The van der Waals surface area contributed by atoms with Crippen LogP contribution in [0.1, 0.15) is 12.5 Å². The number of hydrogen-bond acceptors (Lipinski definition) is 5. The molecular formula is C21H20N2O5S. The summed E-state index contributed by atoms with van der Waals surface area (Å²) in [5, 5.41) is 9.19. The van der Waals surface area contributed by atoms with Crippen LogP contribution < -0.4 is 14.4 Å². The van der Waals surface area contributed by atoms with Crippen LogP contribution in [0.15, 0.2) is 54.2 Å². The van der Waals surface area contributed by atoms with E-state index in [0.717, 1.165) is 0 Å². The zero-order valence-corrected chi connectivity index (χ0v) is 16.8. The topological polar surface area (TPSA) is 79.3 Å². The average Bonchev–Trinajstić information content (AvgIpc) is 2.91. The summed E-state index contributed by atoms with van der Waals surface area (Å²) in [7, 11) is 1.71. The van der Waals surface area contributed by atoms with Crippen molar-refractivity contribution >= 4 is 41.0 Å². The molecule has 0 spiro atoms. The van der Waals surface area contributed by atoms with E-state index in [1.165, 1.54) is 4.90 Å². The lowest BCUT2D eigenvalue weighted by atomic mass is 10.1. The normalized spacial score (nSPS) is 15.2. The first kappa shape index (κ1) is 20.3. The molecule has 8 heteroatoms. The van der Waals surface area contributed by atoms with Crippen molar-refractivity contribution in [3.05, 3.63) is 59.8 Å². The Morgan fingerprint density at radius 2 is 1.83 bits per heavy atom. The van der Waals surface area contributed by atoms with Gasteiger partial charge in [0.15, 0.2) is 11.7 Å². The van der Waals surface area contributed by atoms with Gasteiger partial charge in [-0.1, -0.05) is 18.2 Å². The van der Waals surface area contributed by atoms with Gasteiger partial charge in [0.2, 0.25) is 0 Å².